The molecule has 0 amide bonds. The maximum absolute atomic E-state index is 2.47. The first-order valence-electron chi connectivity index (χ1n) is 3.57. The van der Waals surface area contributed by atoms with E-state index in [0.717, 1.165) is 11.8 Å². The molecule has 0 aromatic carbocycles. The quantitative estimate of drug-likeness (QED) is 0.418. The third-order valence-electron chi connectivity index (χ3n) is 2.46. The van der Waals surface area contributed by atoms with Gasteiger partial charge in [0.15, 0.2) is 0 Å². The Morgan fingerprint density at radius 3 is 2.75 bits per heavy atom. The molecule has 0 heterocycles. The van der Waals surface area contributed by atoms with E-state index in [1.807, 2.05) is 0 Å². The van der Waals surface area contributed by atoms with Crippen LogP contribution in [0.1, 0.15) is 26.2 Å². The van der Waals surface area contributed by atoms with E-state index in [9.17, 15) is 0 Å². The van der Waals surface area contributed by atoms with Crippen LogP contribution in [-0.4, -0.2) is 0 Å². The first kappa shape index (κ1) is 4.60. The largest absolute Gasteiger partial charge is 0.0822 e. The molecular formula is C8H12. The normalized spacial score (nSPS) is 42.9. The molecule has 2 rings (SSSR count). The summed E-state index contributed by atoms with van der Waals surface area (Å²) in [5, 5.41) is 0. The summed E-state index contributed by atoms with van der Waals surface area (Å²) >= 11 is 0. The lowest BCUT2D eigenvalue weighted by Gasteiger charge is -2.24. The number of allylic oxidation sites excluding steroid dienone is 2. The number of hydrogen-bond donors (Lipinski definition) is 0. The van der Waals surface area contributed by atoms with Crippen LogP contribution in [0.4, 0.5) is 0 Å². The average Bonchev–Trinajstić information content (AvgIpc) is 1.91. The van der Waals surface area contributed by atoms with E-state index in [0.29, 0.717) is 0 Å². The van der Waals surface area contributed by atoms with E-state index in [1.54, 1.807) is 5.57 Å². The first-order valence-corrected chi connectivity index (χ1v) is 3.57. The molecular weight excluding hydrogens is 96.1 g/mol. The minimum atomic E-state index is 0.900. The molecule has 0 saturated heterocycles. The molecule has 0 N–H and O–H groups in total. The second-order valence-corrected chi connectivity index (χ2v) is 3.19. The summed E-state index contributed by atoms with van der Waals surface area (Å²) in [5.41, 5.74) is 1.76. The van der Waals surface area contributed by atoms with Crippen molar-refractivity contribution in [3.8, 4) is 0 Å². The van der Waals surface area contributed by atoms with E-state index in [-0.39, 0.29) is 0 Å². The zero-order valence-electron chi connectivity index (χ0n) is 5.35. The molecule has 2 aliphatic carbocycles. The summed E-state index contributed by atoms with van der Waals surface area (Å²) < 4.78 is 0. The summed E-state index contributed by atoms with van der Waals surface area (Å²) in [4.78, 5) is 0. The molecule has 8 heavy (non-hydrogen) atoms. The summed E-state index contributed by atoms with van der Waals surface area (Å²) in [6, 6.07) is 0. The van der Waals surface area contributed by atoms with Crippen LogP contribution in [0.5, 0.6) is 0 Å². The molecule has 0 aromatic heterocycles. The van der Waals surface area contributed by atoms with Crippen LogP contribution in [0, 0.1) is 11.8 Å². The van der Waals surface area contributed by atoms with Crippen LogP contribution < -0.4 is 0 Å². The highest BCUT2D eigenvalue weighted by molar-refractivity contribution is 5.21. The van der Waals surface area contributed by atoms with Gasteiger partial charge in [0.2, 0.25) is 0 Å². The predicted molar refractivity (Wildman–Crippen MR) is 34.6 cm³/mol. The van der Waals surface area contributed by atoms with Gasteiger partial charge >= 0.3 is 0 Å². The maximum atomic E-state index is 2.47. The molecule has 0 radical (unpaired) electrons. The van der Waals surface area contributed by atoms with Crippen molar-refractivity contribution in [2.24, 2.45) is 11.8 Å². The highest BCUT2D eigenvalue weighted by Gasteiger charge is 2.30. The zero-order chi connectivity index (χ0) is 5.56. The molecule has 2 aliphatic rings. The molecule has 0 bridgehead atoms. The molecule has 2 unspecified atom stereocenters. The van der Waals surface area contributed by atoms with Crippen molar-refractivity contribution >= 4 is 0 Å². The Morgan fingerprint density at radius 1 is 1.62 bits per heavy atom. The number of fused-ring (bicyclic) bond motifs is 1. The molecule has 0 heteroatoms. The van der Waals surface area contributed by atoms with Gasteiger partial charge in [0, 0.05) is 0 Å². The van der Waals surface area contributed by atoms with Gasteiger partial charge in [0.05, 0.1) is 0 Å². The molecule has 44 valence electrons. The van der Waals surface area contributed by atoms with Crippen molar-refractivity contribution in [3.63, 3.8) is 0 Å². The second-order valence-electron chi connectivity index (χ2n) is 3.19. The maximum Gasteiger partial charge on any atom is -0.0195 e. The SMILES string of the molecule is CC1C=C2CCC2C1. The summed E-state index contributed by atoms with van der Waals surface area (Å²) in [5.74, 6) is 1.93. The Labute approximate surface area is 50.6 Å². The van der Waals surface area contributed by atoms with Crippen LogP contribution in [0.3, 0.4) is 0 Å². The van der Waals surface area contributed by atoms with Crippen LogP contribution in [0.2, 0.25) is 0 Å². The van der Waals surface area contributed by atoms with Gasteiger partial charge in [-0.15, -0.1) is 0 Å². The van der Waals surface area contributed by atoms with E-state index in [4.69, 9.17) is 0 Å². The van der Waals surface area contributed by atoms with Crippen LogP contribution in [0.15, 0.2) is 11.6 Å². The fraction of sp³-hybridized carbons (Fsp3) is 0.750. The van der Waals surface area contributed by atoms with Gasteiger partial charge < -0.3 is 0 Å². The molecule has 2 atom stereocenters. The van der Waals surface area contributed by atoms with Crippen LogP contribution in [-0.2, 0) is 0 Å². The Morgan fingerprint density at radius 2 is 2.50 bits per heavy atom. The van der Waals surface area contributed by atoms with Gasteiger partial charge in [-0.25, -0.2) is 0 Å². The average molecular weight is 108 g/mol. The topological polar surface area (TPSA) is 0 Å². The smallest absolute Gasteiger partial charge is 0.0195 e. The summed E-state index contributed by atoms with van der Waals surface area (Å²) in [7, 11) is 0. The third kappa shape index (κ3) is 0.460. The van der Waals surface area contributed by atoms with Gasteiger partial charge in [-0.3, -0.25) is 0 Å². The highest BCUT2D eigenvalue weighted by Crippen LogP contribution is 2.44. The minimum absolute atomic E-state index is 0.900. The lowest BCUT2D eigenvalue weighted by molar-refractivity contribution is 0.422. The van der Waals surface area contributed by atoms with Crippen molar-refractivity contribution in [1.29, 1.82) is 0 Å². The van der Waals surface area contributed by atoms with Gasteiger partial charge in [-0.05, 0) is 31.1 Å². The van der Waals surface area contributed by atoms with E-state index >= 15 is 0 Å². The van der Waals surface area contributed by atoms with Crippen molar-refractivity contribution in [1.82, 2.24) is 0 Å². The van der Waals surface area contributed by atoms with Gasteiger partial charge in [-0.1, -0.05) is 18.6 Å². The third-order valence-corrected chi connectivity index (χ3v) is 2.46. The van der Waals surface area contributed by atoms with Crippen LogP contribution in [0.25, 0.3) is 0 Å². The Hall–Kier alpha value is -0.260. The fourth-order valence-electron chi connectivity index (χ4n) is 1.89. The number of hydrogen-bond acceptors (Lipinski definition) is 0. The minimum Gasteiger partial charge on any atom is -0.0822 e. The Bertz CT molecular complexity index is 133. The molecule has 0 nitrogen and oxygen atoms in total. The Kier molecular flexibility index (Phi) is 0.787. The van der Waals surface area contributed by atoms with Crippen molar-refractivity contribution in [2.45, 2.75) is 26.2 Å². The standard InChI is InChI=1S/C8H12/c1-6-4-7-2-3-8(7)5-6/h4,6,8H,2-3,5H2,1H3. The number of rotatable bonds is 0. The molecule has 0 aliphatic heterocycles. The van der Waals surface area contributed by atoms with E-state index in [1.165, 1.54) is 19.3 Å². The van der Waals surface area contributed by atoms with Gasteiger partial charge in [0.1, 0.15) is 0 Å². The zero-order valence-corrected chi connectivity index (χ0v) is 5.35. The fourth-order valence-corrected chi connectivity index (χ4v) is 1.89. The summed E-state index contributed by atoms with van der Waals surface area (Å²) in [6.45, 7) is 2.32. The van der Waals surface area contributed by atoms with Gasteiger partial charge in [-0.2, -0.15) is 0 Å². The first-order chi connectivity index (χ1) is 3.86. The molecule has 0 spiro atoms. The lowest BCUT2D eigenvalue weighted by Crippen LogP contribution is -2.10. The highest BCUT2D eigenvalue weighted by atomic mass is 14.3. The predicted octanol–water partition coefficient (Wildman–Crippen LogP) is 2.36. The van der Waals surface area contributed by atoms with Crippen molar-refractivity contribution < 1.29 is 0 Å². The molecule has 0 aromatic rings. The van der Waals surface area contributed by atoms with E-state index in [2.05, 4.69) is 13.0 Å². The van der Waals surface area contributed by atoms with Crippen molar-refractivity contribution in [2.75, 3.05) is 0 Å². The van der Waals surface area contributed by atoms with E-state index < -0.39 is 0 Å². The monoisotopic (exact) mass is 108 g/mol. The Balaban J connectivity index is 2.17. The van der Waals surface area contributed by atoms with Crippen LogP contribution >= 0.6 is 0 Å². The van der Waals surface area contributed by atoms with Gasteiger partial charge in [0.25, 0.3) is 0 Å². The second kappa shape index (κ2) is 1.37. The molecule has 1 saturated carbocycles. The van der Waals surface area contributed by atoms with Crippen molar-refractivity contribution in [3.05, 3.63) is 11.6 Å². The molecule has 1 fully saturated rings. The lowest BCUT2D eigenvalue weighted by atomic mass is 9.81. The summed E-state index contributed by atoms with van der Waals surface area (Å²) in [6.07, 6.45) is 6.81.